The van der Waals surface area contributed by atoms with Crippen LogP contribution in [-0.2, 0) is 7.05 Å². The Bertz CT molecular complexity index is 566. The van der Waals surface area contributed by atoms with Crippen molar-refractivity contribution >= 4 is 11.7 Å². The third-order valence-electron chi connectivity index (χ3n) is 2.13. The van der Waals surface area contributed by atoms with Gasteiger partial charge in [-0.2, -0.15) is 5.10 Å². The lowest BCUT2D eigenvalue weighted by molar-refractivity contribution is 0.102. The third-order valence-corrected chi connectivity index (χ3v) is 2.13. The van der Waals surface area contributed by atoms with Crippen molar-refractivity contribution in [3.05, 3.63) is 47.7 Å². The number of nitrogens with one attached hydrogen (secondary N) is 1. The fraction of sp³-hybridized carbons (Fsp3) is 0.0909. The van der Waals surface area contributed by atoms with Crippen LogP contribution in [0.25, 0.3) is 0 Å². The predicted molar refractivity (Wildman–Crippen MR) is 57.5 cm³/mol. The Labute approximate surface area is 95.9 Å². The Morgan fingerprint density at radius 2 is 2.12 bits per heavy atom. The highest BCUT2D eigenvalue weighted by atomic mass is 19.1. The van der Waals surface area contributed by atoms with Crippen LogP contribution in [0.4, 0.5) is 14.6 Å². The quantitative estimate of drug-likeness (QED) is 0.867. The van der Waals surface area contributed by atoms with Gasteiger partial charge in [0.1, 0.15) is 11.6 Å². The normalized spacial score (nSPS) is 10.3. The van der Waals surface area contributed by atoms with Crippen LogP contribution in [0.2, 0.25) is 0 Å². The highest BCUT2D eigenvalue weighted by molar-refractivity contribution is 6.03. The van der Waals surface area contributed by atoms with Gasteiger partial charge in [-0.15, -0.1) is 0 Å². The summed E-state index contributed by atoms with van der Waals surface area (Å²) in [7, 11) is 1.68. The van der Waals surface area contributed by atoms with Gasteiger partial charge in [-0.05, 0) is 18.2 Å². The van der Waals surface area contributed by atoms with Crippen molar-refractivity contribution < 1.29 is 13.6 Å². The smallest absolute Gasteiger partial charge is 0.259 e. The summed E-state index contributed by atoms with van der Waals surface area (Å²) in [5, 5.41) is 6.27. The summed E-state index contributed by atoms with van der Waals surface area (Å²) >= 11 is 0. The number of anilines is 1. The molecule has 17 heavy (non-hydrogen) atoms. The van der Waals surface area contributed by atoms with Crippen molar-refractivity contribution in [1.82, 2.24) is 9.78 Å². The number of benzene rings is 1. The highest BCUT2D eigenvalue weighted by Gasteiger charge is 2.13. The fourth-order valence-electron chi connectivity index (χ4n) is 1.34. The van der Waals surface area contributed by atoms with E-state index in [-0.39, 0.29) is 11.4 Å². The van der Waals surface area contributed by atoms with Crippen LogP contribution in [0, 0.1) is 11.6 Å². The lowest BCUT2D eigenvalue weighted by atomic mass is 10.2. The molecule has 0 atom stereocenters. The molecule has 0 aliphatic rings. The molecular formula is C11H9F2N3O. The molecule has 1 N–H and O–H groups in total. The number of aryl methyl sites for hydroxylation is 1. The predicted octanol–water partition coefficient (Wildman–Crippen LogP) is 1.95. The fourth-order valence-corrected chi connectivity index (χ4v) is 1.34. The first-order chi connectivity index (χ1) is 8.06. The number of rotatable bonds is 2. The Kier molecular flexibility index (Phi) is 2.86. The van der Waals surface area contributed by atoms with Crippen molar-refractivity contribution in [1.29, 1.82) is 0 Å². The highest BCUT2D eigenvalue weighted by Crippen LogP contribution is 2.12. The maximum absolute atomic E-state index is 13.3. The van der Waals surface area contributed by atoms with E-state index in [2.05, 4.69) is 10.4 Å². The largest absolute Gasteiger partial charge is 0.305 e. The summed E-state index contributed by atoms with van der Waals surface area (Å²) in [6.07, 6.45) is 1.62. The van der Waals surface area contributed by atoms with E-state index >= 15 is 0 Å². The van der Waals surface area contributed by atoms with Gasteiger partial charge in [-0.25, -0.2) is 8.78 Å². The molecule has 1 aromatic heterocycles. The molecular weight excluding hydrogens is 228 g/mol. The molecule has 0 fully saturated rings. The van der Waals surface area contributed by atoms with E-state index in [9.17, 15) is 13.6 Å². The number of carbonyl (C=O) groups excluding carboxylic acids is 1. The molecule has 2 aromatic rings. The van der Waals surface area contributed by atoms with Crippen LogP contribution in [0.15, 0.2) is 30.5 Å². The maximum atomic E-state index is 13.3. The molecule has 4 nitrogen and oxygen atoms in total. The number of nitrogens with zero attached hydrogens (tertiary/aromatic N) is 2. The van der Waals surface area contributed by atoms with Gasteiger partial charge in [0.15, 0.2) is 5.82 Å². The van der Waals surface area contributed by atoms with Crippen LogP contribution in [-0.4, -0.2) is 15.7 Å². The van der Waals surface area contributed by atoms with Crippen molar-refractivity contribution in [3.8, 4) is 0 Å². The van der Waals surface area contributed by atoms with E-state index in [1.807, 2.05) is 0 Å². The lowest BCUT2D eigenvalue weighted by Gasteiger charge is -2.03. The molecule has 0 saturated carbocycles. The Balaban J connectivity index is 2.22. The van der Waals surface area contributed by atoms with Crippen LogP contribution < -0.4 is 5.32 Å². The van der Waals surface area contributed by atoms with E-state index in [1.54, 1.807) is 19.3 Å². The number of hydrogen-bond donors (Lipinski definition) is 1. The standard InChI is InChI=1S/C11H9F2N3O/c1-16-5-4-10(15-16)14-11(17)8-6-7(12)2-3-9(8)13/h2-6H,1H3,(H,14,15,17). The van der Waals surface area contributed by atoms with Crippen LogP contribution >= 0.6 is 0 Å². The molecule has 0 spiro atoms. The van der Waals surface area contributed by atoms with Crippen LogP contribution in [0.1, 0.15) is 10.4 Å². The molecule has 1 aromatic carbocycles. The zero-order valence-corrected chi connectivity index (χ0v) is 8.95. The Hall–Kier alpha value is -2.24. The average molecular weight is 237 g/mol. The molecule has 88 valence electrons. The minimum absolute atomic E-state index is 0.279. The molecule has 0 bridgehead atoms. The van der Waals surface area contributed by atoms with Gasteiger partial charge in [-0.3, -0.25) is 9.48 Å². The molecule has 0 aliphatic carbocycles. The van der Waals surface area contributed by atoms with E-state index in [4.69, 9.17) is 0 Å². The Morgan fingerprint density at radius 1 is 1.35 bits per heavy atom. The maximum Gasteiger partial charge on any atom is 0.259 e. The van der Waals surface area contributed by atoms with E-state index in [0.717, 1.165) is 18.2 Å². The van der Waals surface area contributed by atoms with Crippen LogP contribution in [0.5, 0.6) is 0 Å². The monoisotopic (exact) mass is 237 g/mol. The van der Waals surface area contributed by atoms with Gasteiger partial charge in [0.05, 0.1) is 5.56 Å². The summed E-state index contributed by atoms with van der Waals surface area (Å²) in [5.74, 6) is -1.90. The van der Waals surface area contributed by atoms with Crippen LogP contribution in [0.3, 0.4) is 0 Å². The average Bonchev–Trinajstić information content (AvgIpc) is 2.67. The number of halogens is 2. The van der Waals surface area contributed by atoms with E-state index < -0.39 is 17.5 Å². The van der Waals surface area contributed by atoms with Gasteiger partial charge in [0.25, 0.3) is 5.91 Å². The SMILES string of the molecule is Cn1ccc(NC(=O)c2cc(F)ccc2F)n1. The van der Waals surface area contributed by atoms with Crippen molar-refractivity contribution in [2.75, 3.05) is 5.32 Å². The van der Waals surface area contributed by atoms with Crippen molar-refractivity contribution in [2.45, 2.75) is 0 Å². The number of aromatic nitrogens is 2. The summed E-state index contributed by atoms with van der Waals surface area (Å²) in [5.41, 5.74) is -0.351. The lowest BCUT2D eigenvalue weighted by Crippen LogP contribution is -2.14. The second kappa shape index (κ2) is 4.32. The first-order valence-electron chi connectivity index (χ1n) is 4.82. The van der Waals surface area contributed by atoms with Gasteiger partial charge in [0.2, 0.25) is 0 Å². The molecule has 2 rings (SSSR count). The first-order valence-corrected chi connectivity index (χ1v) is 4.82. The first kappa shape index (κ1) is 11.3. The van der Waals surface area contributed by atoms with Gasteiger partial charge < -0.3 is 5.32 Å². The molecule has 0 unspecified atom stereocenters. The minimum Gasteiger partial charge on any atom is -0.305 e. The zero-order valence-electron chi connectivity index (χ0n) is 8.95. The van der Waals surface area contributed by atoms with E-state index in [0.29, 0.717) is 0 Å². The molecule has 1 heterocycles. The zero-order chi connectivity index (χ0) is 12.4. The Morgan fingerprint density at radius 3 is 2.76 bits per heavy atom. The molecule has 0 radical (unpaired) electrons. The van der Waals surface area contributed by atoms with Crippen molar-refractivity contribution in [2.24, 2.45) is 7.05 Å². The molecule has 1 amide bonds. The summed E-state index contributed by atoms with van der Waals surface area (Å²) < 4.78 is 27.6. The topological polar surface area (TPSA) is 46.9 Å². The van der Waals surface area contributed by atoms with Crippen molar-refractivity contribution in [3.63, 3.8) is 0 Å². The van der Waals surface area contributed by atoms with Gasteiger partial charge in [0, 0.05) is 19.3 Å². The second-order valence-corrected chi connectivity index (χ2v) is 3.45. The number of amides is 1. The summed E-state index contributed by atoms with van der Waals surface area (Å²) in [6.45, 7) is 0. The molecule has 6 heteroatoms. The third kappa shape index (κ3) is 2.47. The molecule has 0 aliphatic heterocycles. The van der Waals surface area contributed by atoms with Gasteiger partial charge in [-0.1, -0.05) is 0 Å². The van der Waals surface area contributed by atoms with Gasteiger partial charge >= 0.3 is 0 Å². The number of hydrogen-bond acceptors (Lipinski definition) is 2. The number of carbonyl (C=O) groups is 1. The minimum atomic E-state index is -0.778. The van der Waals surface area contributed by atoms with E-state index in [1.165, 1.54) is 4.68 Å². The second-order valence-electron chi connectivity index (χ2n) is 3.45. The molecule has 0 saturated heterocycles. The summed E-state index contributed by atoms with van der Waals surface area (Å²) in [4.78, 5) is 11.6. The summed E-state index contributed by atoms with van der Waals surface area (Å²) in [6, 6.07) is 4.25.